The minimum atomic E-state index is 0.701. The summed E-state index contributed by atoms with van der Waals surface area (Å²) in [5.74, 6) is 1.62. The lowest BCUT2D eigenvalue weighted by molar-refractivity contribution is 0.596. The molecule has 0 bridgehead atoms. The zero-order valence-corrected chi connectivity index (χ0v) is 13.3. The van der Waals surface area contributed by atoms with E-state index in [0.29, 0.717) is 10.0 Å². The van der Waals surface area contributed by atoms with Crippen molar-refractivity contribution in [3.63, 3.8) is 0 Å². The van der Waals surface area contributed by atoms with Crippen molar-refractivity contribution in [1.82, 2.24) is 0 Å². The van der Waals surface area contributed by atoms with Crippen LogP contribution in [-0.2, 0) is 0 Å². The monoisotopic (exact) mass is 316 g/mol. The van der Waals surface area contributed by atoms with Gasteiger partial charge in [-0.05, 0) is 61.4 Å². The van der Waals surface area contributed by atoms with Crippen LogP contribution in [-0.4, -0.2) is 0 Å². The summed E-state index contributed by atoms with van der Waals surface area (Å²) in [5.41, 5.74) is 4.27. The van der Waals surface area contributed by atoms with Crippen molar-refractivity contribution in [2.75, 3.05) is 0 Å². The predicted octanol–water partition coefficient (Wildman–Crippen LogP) is 6.54. The normalized spacial score (nSPS) is 10.9. The first kappa shape index (κ1) is 14.2. The van der Waals surface area contributed by atoms with Gasteiger partial charge in [0.15, 0.2) is 0 Å². The molecule has 3 heteroatoms. The Morgan fingerprint density at radius 3 is 1.52 bits per heavy atom. The lowest BCUT2D eigenvalue weighted by Crippen LogP contribution is -1.82. The van der Waals surface area contributed by atoms with Crippen LogP contribution in [0.25, 0.3) is 22.6 Å². The van der Waals surface area contributed by atoms with Gasteiger partial charge in [-0.3, -0.25) is 0 Å². The maximum absolute atomic E-state index is 6.08. The smallest absolute Gasteiger partial charge is 0.135 e. The molecule has 2 aromatic carbocycles. The van der Waals surface area contributed by atoms with Crippen LogP contribution in [0, 0.1) is 13.8 Å². The van der Waals surface area contributed by atoms with Crippen LogP contribution < -0.4 is 0 Å². The molecule has 0 amide bonds. The van der Waals surface area contributed by atoms with Crippen molar-refractivity contribution in [2.24, 2.45) is 0 Å². The number of halogens is 2. The Morgan fingerprint density at radius 1 is 0.667 bits per heavy atom. The van der Waals surface area contributed by atoms with E-state index in [1.54, 1.807) is 0 Å². The molecule has 0 aliphatic heterocycles. The number of furan rings is 1. The maximum Gasteiger partial charge on any atom is 0.135 e. The molecule has 106 valence electrons. The third kappa shape index (κ3) is 2.85. The Morgan fingerprint density at radius 2 is 1.10 bits per heavy atom. The Bertz CT molecular complexity index is 737. The third-order valence-electron chi connectivity index (χ3n) is 3.54. The van der Waals surface area contributed by atoms with E-state index in [1.807, 2.05) is 62.4 Å². The zero-order valence-electron chi connectivity index (χ0n) is 11.8. The second-order valence-corrected chi connectivity index (χ2v) is 5.96. The molecule has 0 spiro atoms. The van der Waals surface area contributed by atoms with Crippen LogP contribution in [0.5, 0.6) is 0 Å². The van der Waals surface area contributed by atoms with Gasteiger partial charge in [-0.2, -0.15) is 0 Å². The maximum atomic E-state index is 6.08. The quantitative estimate of drug-likeness (QED) is 0.523. The van der Waals surface area contributed by atoms with Gasteiger partial charge < -0.3 is 4.42 Å². The molecular weight excluding hydrogens is 303 g/mol. The summed E-state index contributed by atoms with van der Waals surface area (Å²) in [6, 6.07) is 15.5. The Kier molecular flexibility index (Phi) is 3.79. The van der Waals surface area contributed by atoms with Gasteiger partial charge in [0.1, 0.15) is 11.5 Å². The summed E-state index contributed by atoms with van der Waals surface area (Å²) in [6.45, 7) is 4.08. The van der Waals surface area contributed by atoms with E-state index >= 15 is 0 Å². The van der Waals surface area contributed by atoms with Crippen LogP contribution in [0.2, 0.25) is 10.0 Å². The number of rotatable bonds is 2. The Labute approximate surface area is 134 Å². The number of hydrogen-bond acceptors (Lipinski definition) is 1. The molecule has 1 nitrogen and oxygen atoms in total. The number of aryl methyl sites for hydroxylation is 2. The third-order valence-corrected chi connectivity index (χ3v) is 4.01. The van der Waals surface area contributed by atoms with Gasteiger partial charge in [0.2, 0.25) is 0 Å². The van der Waals surface area contributed by atoms with E-state index in [1.165, 1.54) is 0 Å². The van der Waals surface area contributed by atoms with Crippen LogP contribution >= 0.6 is 23.2 Å². The first-order valence-corrected chi connectivity index (χ1v) is 7.43. The number of benzene rings is 2. The van der Waals surface area contributed by atoms with Gasteiger partial charge in [-0.25, -0.2) is 0 Å². The van der Waals surface area contributed by atoms with E-state index in [0.717, 1.165) is 33.8 Å². The van der Waals surface area contributed by atoms with Gasteiger partial charge in [-0.15, -0.1) is 0 Å². The minimum Gasteiger partial charge on any atom is -0.456 e. The average Bonchev–Trinajstić information content (AvgIpc) is 2.93. The van der Waals surface area contributed by atoms with E-state index in [-0.39, 0.29) is 0 Å². The highest BCUT2D eigenvalue weighted by atomic mass is 35.5. The van der Waals surface area contributed by atoms with E-state index in [4.69, 9.17) is 27.6 Å². The highest BCUT2D eigenvalue weighted by molar-refractivity contribution is 6.31. The van der Waals surface area contributed by atoms with Crippen LogP contribution in [0.3, 0.4) is 0 Å². The molecule has 0 saturated carbocycles. The summed E-state index contributed by atoms with van der Waals surface area (Å²) in [6.07, 6.45) is 0. The van der Waals surface area contributed by atoms with E-state index in [2.05, 4.69) is 0 Å². The Hall–Kier alpha value is -1.70. The SMILES string of the molecule is Cc1ccc(Cl)cc1-c1ccc(-c2cc(Cl)ccc2C)o1. The van der Waals surface area contributed by atoms with Gasteiger partial charge in [0, 0.05) is 21.2 Å². The predicted molar refractivity (Wildman–Crippen MR) is 89.1 cm³/mol. The van der Waals surface area contributed by atoms with Gasteiger partial charge in [0.05, 0.1) is 0 Å². The second-order valence-electron chi connectivity index (χ2n) is 5.08. The van der Waals surface area contributed by atoms with E-state index in [9.17, 15) is 0 Å². The zero-order chi connectivity index (χ0) is 15.0. The molecule has 1 heterocycles. The summed E-state index contributed by atoms with van der Waals surface area (Å²) in [7, 11) is 0. The molecule has 0 aliphatic rings. The van der Waals surface area contributed by atoms with Crippen molar-refractivity contribution in [2.45, 2.75) is 13.8 Å². The minimum absolute atomic E-state index is 0.701. The average molecular weight is 317 g/mol. The first-order chi connectivity index (χ1) is 10.0. The van der Waals surface area contributed by atoms with Crippen molar-refractivity contribution < 1.29 is 4.42 Å². The van der Waals surface area contributed by atoms with Gasteiger partial charge >= 0.3 is 0 Å². The summed E-state index contributed by atoms with van der Waals surface area (Å²) in [5, 5.41) is 1.40. The Balaban J connectivity index is 2.08. The molecule has 0 aliphatic carbocycles. The molecule has 3 rings (SSSR count). The summed E-state index contributed by atoms with van der Waals surface area (Å²) in [4.78, 5) is 0. The van der Waals surface area contributed by atoms with Gasteiger partial charge in [0.25, 0.3) is 0 Å². The molecule has 3 aromatic rings. The fraction of sp³-hybridized carbons (Fsp3) is 0.111. The highest BCUT2D eigenvalue weighted by Gasteiger charge is 2.11. The molecule has 0 fully saturated rings. The fourth-order valence-electron chi connectivity index (χ4n) is 2.35. The molecule has 21 heavy (non-hydrogen) atoms. The molecule has 1 aromatic heterocycles. The lowest BCUT2D eigenvalue weighted by atomic mass is 10.1. The molecule has 0 unspecified atom stereocenters. The van der Waals surface area contributed by atoms with Crippen LogP contribution in [0.1, 0.15) is 11.1 Å². The van der Waals surface area contributed by atoms with Crippen molar-refractivity contribution in [3.05, 3.63) is 69.7 Å². The van der Waals surface area contributed by atoms with Gasteiger partial charge in [-0.1, -0.05) is 35.3 Å². The van der Waals surface area contributed by atoms with E-state index < -0.39 is 0 Å². The first-order valence-electron chi connectivity index (χ1n) is 6.67. The largest absolute Gasteiger partial charge is 0.456 e. The van der Waals surface area contributed by atoms with Crippen molar-refractivity contribution >= 4 is 23.2 Å². The molecule has 0 saturated heterocycles. The molecular formula is C18H14Cl2O. The van der Waals surface area contributed by atoms with Crippen molar-refractivity contribution in [1.29, 1.82) is 0 Å². The van der Waals surface area contributed by atoms with Crippen LogP contribution in [0.15, 0.2) is 52.9 Å². The second kappa shape index (κ2) is 5.59. The van der Waals surface area contributed by atoms with Crippen molar-refractivity contribution in [3.8, 4) is 22.6 Å². The molecule has 0 atom stereocenters. The highest BCUT2D eigenvalue weighted by Crippen LogP contribution is 2.34. The fourth-order valence-corrected chi connectivity index (χ4v) is 2.69. The summed E-state index contributed by atoms with van der Waals surface area (Å²) < 4.78 is 6.01. The van der Waals surface area contributed by atoms with Crippen LogP contribution in [0.4, 0.5) is 0 Å². The lowest BCUT2D eigenvalue weighted by Gasteiger charge is -2.05. The summed E-state index contributed by atoms with van der Waals surface area (Å²) >= 11 is 12.2. The topological polar surface area (TPSA) is 13.1 Å². The molecule has 0 N–H and O–H groups in total. The number of hydrogen-bond donors (Lipinski definition) is 0. The molecule has 0 radical (unpaired) electrons. The standard InChI is InChI=1S/C18H14Cl2O/c1-11-3-5-13(19)9-15(11)17-7-8-18(21-17)16-10-14(20)6-4-12(16)2/h3-10H,1-2H3.